The lowest BCUT2D eigenvalue weighted by molar-refractivity contribution is 0.0911. The lowest BCUT2D eigenvalue weighted by Crippen LogP contribution is -2.37. The van der Waals surface area contributed by atoms with E-state index in [1.807, 2.05) is 18.2 Å². The number of aryl methyl sites for hydroxylation is 1. The van der Waals surface area contributed by atoms with Crippen molar-refractivity contribution in [3.63, 3.8) is 0 Å². The van der Waals surface area contributed by atoms with Crippen LogP contribution < -0.4 is 5.32 Å². The number of amides is 1. The van der Waals surface area contributed by atoms with Gasteiger partial charge in [0.15, 0.2) is 0 Å². The van der Waals surface area contributed by atoms with Crippen molar-refractivity contribution in [1.82, 2.24) is 5.32 Å². The van der Waals surface area contributed by atoms with Gasteiger partial charge in [0.1, 0.15) is 0 Å². The minimum atomic E-state index is -0.117. The molecular formula is C18H27NO2. The van der Waals surface area contributed by atoms with Crippen molar-refractivity contribution in [3.05, 3.63) is 35.4 Å². The fourth-order valence-electron chi connectivity index (χ4n) is 3.02. The van der Waals surface area contributed by atoms with Crippen molar-refractivity contribution in [2.45, 2.75) is 63.8 Å². The van der Waals surface area contributed by atoms with E-state index >= 15 is 0 Å². The molecule has 3 heteroatoms. The third-order valence-electron chi connectivity index (χ3n) is 4.32. The van der Waals surface area contributed by atoms with Crippen LogP contribution in [-0.4, -0.2) is 23.7 Å². The molecule has 116 valence electrons. The third-order valence-corrected chi connectivity index (χ3v) is 4.32. The number of aliphatic hydroxyl groups excluding tert-OH is 1. The maximum absolute atomic E-state index is 12.4. The summed E-state index contributed by atoms with van der Waals surface area (Å²) in [6, 6.07) is 7.74. The summed E-state index contributed by atoms with van der Waals surface area (Å²) in [7, 11) is 0. The fraction of sp³-hybridized carbons (Fsp3) is 0.611. The van der Waals surface area contributed by atoms with Crippen LogP contribution in [0.15, 0.2) is 24.3 Å². The van der Waals surface area contributed by atoms with Crippen LogP contribution in [0.1, 0.15) is 67.3 Å². The molecule has 0 unspecified atom stereocenters. The molecule has 1 aromatic rings. The molecule has 1 aliphatic heterocycles. The predicted octanol–water partition coefficient (Wildman–Crippen LogP) is 3.45. The van der Waals surface area contributed by atoms with Gasteiger partial charge in [-0.3, -0.25) is 4.79 Å². The highest BCUT2D eigenvalue weighted by Crippen LogP contribution is 2.16. The Morgan fingerprint density at radius 3 is 2.43 bits per heavy atom. The molecule has 1 aliphatic rings. The Kier molecular flexibility index (Phi) is 6.74. The monoisotopic (exact) mass is 289 g/mol. The molecule has 1 heterocycles. The Morgan fingerprint density at radius 1 is 1.00 bits per heavy atom. The molecule has 1 atom stereocenters. The quantitative estimate of drug-likeness (QED) is 0.832. The zero-order chi connectivity index (χ0) is 14.9. The first-order valence-corrected chi connectivity index (χ1v) is 8.31. The van der Waals surface area contributed by atoms with Crippen molar-refractivity contribution in [3.8, 4) is 0 Å². The number of benzene rings is 1. The summed E-state index contributed by atoms with van der Waals surface area (Å²) < 4.78 is 0. The Hall–Kier alpha value is -1.35. The maximum Gasteiger partial charge on any atom is 0.251 e. The maximum atomic E-state index is 12.4. The van der Waals surface area contributed by atoms with Gasteiger partial charge in [0, 0.05) is 5.56 Å². The largest absolute Gasteiger partial charge is 0.394 e. The predicted molar refractivity (Wildman–Crippen MR) is 85.4 cm³/mol. The summed E-state index contributed by atoms with van der Waals surface area (Å²) >= 11 is 0. The molecule has 0 aromatic heterocycles. The van der Waals surface area contributed by atoms with Crippen LogP contribution in [0.2, 0.25) is 0 Å². The lowest BCUT2D eigenvalue weighted by atomic mass is 9.98. The highest BCUT2D eigenvalue weighted by Gasteiger charge is 2.15. The van der Waals surface area contributed by atoms with Crippen LogP contribution in [0.3, 0.4) is 0 Å². The summed E-state index contributed by atoms with van der Waals surface area (Å²) in [5, 5.41) is 12.4. The van der Waals surface area contributed by atoms with Gasteiger partial charge in [0.05, 0.1) is 12.6 Å². The molecule has 0 bridgehead atoms. The van der Waals surface area contributed by atoms with Gasteiger partial charge in [-0.25, -0.2) is 0 Å². The van der Waals surface area contributed by atoms with Gasteiger partial charge in [-0.1, -0.05) is 56.7 Å². The SMILES string of the molecule is O=C1N[C@H](CO)CCCCCCCCCc2ccccc21. The van der Waals surface area contributed by atoms with Gasteiger partial charge < -0.3 is 10.4 Å². The Balaban J connectivity index is 2.10. The molecule has 3 nitrogen and oxygen atoms in total. The molecule has 1 amide bonds. The van der Waals surface area contributed by atoms with E-state index in [0.29, 0.717) is 0 Å². The molecule has 2 rings (SSSR count). The van der Waals surface area contributed by atoms with Crippen LogP contribution >= 0.6 is 0 Å². The second kappa shape index (κ2) is 8.83. The number of carbonyl (C=O) groups excluding carboxylic acids is 1. The second-order valence-corrected chi connectivity index (χ2v) is 6.02. The second-order valence-electron chi connectivity index (χ2n) is 6.02. The zero-order valence-corrected chi connectivity index (χ0v) is 12.8. The lowest BCUT2D eigenvalue weighted by Gasteiger charge is -2.18. The highest BCUT2D eigenvalue weighted by atomic mass is 16.3. The van der Waals surface area contributed by atoms with Crippen LogP contribution in [0.4, 0.5) is 0 Å². The topological polar surface area (TPSA) is 49.3 Å². The molecule has 0 spiro atoms. The molecule has 0 fully saturated rings. The minimum absolute atomic E-state index is 0.0217. The number of rotatable bonds is 1. The minimum Gasteiger partial charge on any atom is -0.394 e. The first-order chi connectivity index (χ1) is 10.3. The van der Waals surface area contributed by atoms with Crippen LogP contribution in [0.25, 0.3) is 0 Å². The number of hydrogen-bond donors (Lipinski definition) is 2. The normalized spacial score (nSPS) is 22.0. The van der Waals surface area contributed by atoms with Crippen molar-refractivity contribution < 1.29 is 9.90 Å². The van der Waals surface area contributed by atoms with Gasteiger partial charge in [-0.05, 0) is 30.9 Å². The van der Waals surface area contributed by atoms with E-state index in [2.05, 4.69) is 11.4 Å². The summed E-state index contributed by atoms with van der Waals surface area (Å²) in [5.74, 6) is -0.0401. The number of fused-ring (bicyclic) bond motifs is 1. The van der Waals surface area contributed by atoms with Gasteiger partial charge >= 0.3 is 0 Å². The van der Waals surface area contributed by atoms with Crippen molar-refractivity contribution in [2.24, 2.45) is 0 Å². The zero-order valence-electron chi connectivity index (χ0n) is 12.8. The number of hydrogen-bond acceptors (Lipinski definition) is 2. The molecule has 0 saturated heterocycles. The van der Waals surface area contributed by atoms with Gasteiger partial charge in [0.25, 0.3) is 5.91 Å². The van der Waals surface area contributed by atoms with Crippen LogP contribution in [0.5, 0.6) is 0 Å². The summed E-state index contributed by atoms with van der Waals surface area (Å²) in [6.07, 6.45) is 10.4. The molecule has 2 N–H and O–H groups in total. The molecule has 0 radical (unpaired) electrons. The Morgan fingerprint density at radius 2 is 1.67 bits per heavy atom. The molecule has 1 aromatic carbocycles. The van der Waals surface area contributed by atoms with E-state index in [-0.39, 0.29) is 18.6 Å². The van der Waals surface area contributed by atoms with Gasteiger partial charge in [-0.2, -0.15) is 0 Å². The summed E-state index contributed by atoms with van der Waals surface area (Å²) in [4.78, 5) is 12.4. The molecule has 21 heavy (non-hydrogen) atoms. The molecule has 0 aliphatic carbocycles. The van der Waals surface area contributed by atoms with Crippen molar-refractivity contribution in [1.29, 1.82) is 0 Å². The summed E-state index contributed by atoms with van der Waals surface area (Å²) in [5.41, 5.74) is 1.90. The smallest absolute Gasteiger partial charge is 0.251 e. The molecular weight excluding hydrogens is 262 g/mol. The first kappa shape index (κ1) is 16.0. The molecule has 0 saturated carbocycles. The fourth-order valence-corrected chi connectivity index (χ4v) is 3.02. The Labute approximate surface area is 127 Å². The van der Waals surface area contributed by atoms with Crippen molar-refractivity contribution >= 4 is 5.91 Å². The van der Waals surface area contributed by atoms with E-state index in [0.717, 1.165) is 36.8 Å². The third kappa shape index (κ3) is 5.16. The van der Waals surface area contributed by atoms with Gasteiger partial charge in [0.2, 0.25) is 0 Å². The van der Waals surface area contributed by atoms with Crippen LogP contribution in [0, 0.1) is 0 Å². The first-order valence-electron chi connectivity index (χ1n) is 8.31. The van der Waals surface area contributed by atoms with E-state index in [1.54, 1.807) is 0 Å². The van der Waals surface area contributed by atoms with E-state index in [1.165, 1.54) is 32.1 Å². The van der Waals surface area contributed by atoms with Crippen molar-refractivity contribution in [2.75, 3.05) is 6.61 Å². The number of nitrogens with one attached hydrogen (secondary N) is 1. The van der Waals surface area contributed by atoms with E-state index in [4.69, 9.17) is 0 Å². The van der Waals surface area contributed by atoms with Crippen LogP contribution in [-0.2, 0) is 6.42 Å². The average Bonchev–Trinajstić information content (AvgIpc) is 2.51. The number of aliphatic hydroxyl groups is 1. The Bertz CT molecular complexity index is 445. The van der Waals surface area contributed by atoms with E-state index in [9.17, 15) is 9.90 Å². The summed E-state index contributed by atoms with van der Waals surface area (Å²) in [6.45, 7) is 0.0217. The standard InChI is InChI=1S/C18H27NO2/c20-14-16-12-7-5-3-1-2-4-6-10-15-11-8-9-13-17(15)18(21)19-16/h8-9,11,13,16,20H,1-7,10,12,14H2,(H,19,21)/t16-/m0/s1. The van der Waals surface area contributed by atoms with E-state index < -0.39 is 0 Å². The average molecular weight is 289 g/mol. The highest BCUT2D eigenvalue weighted by molar-refractivity contribution is 5.95. The van der Waals surface area contributed by atoms with Gasteiger partial charge in [-0.15, -0.1) is 0 Å². The number of carbonyl (C=O) groups is 1.